The highest BCUT2D eigenvalue weighted by Gasteiger charge is 2.07. The lowest BCUT2D eigenvalue weighted by Gasteiger charge is -2.10. The topological polar surface area (TPSA) is 31.4 Å². The summed E-state index contributed by atoms with van der Waals surface area (Å²) in [5.41, 5.74) is 2.22. The first kappa shape index (κ1) is 13.4. The van der Waals surface area contributed by atoms with Gasteiger partial charge in [0.1, 0.15) is 0 Å². The van der Waals surface area contributed by atoms with Crippen molar-refractivity contribution >= 4 is 10.8 Å². The molecule has 2 aromatic carbocycles. The first-order valence-electron chi connectivity index (χ1n) is 6.85. The molecular weight excluding hydrogens is 262 g/mol. The van der Waals surface area contributed by atoms with Gasteiger partial charge in [0.2, 0.25) is 0 Å². The summed E-state index contributed by atoms with van der Waals surface area (Å²) in [5, 5.41) is 2.40. The highest BCUT2D eigenvalue weighted by atomic mass is 16.5. The van der Waals surface area contributed by atoms with Crippen molar-refractivity contribution in [3.63, 3.8) is 0 Å². The lowest BCUT2D eigenvalue weighted by molar-refractivity contribution is 0.354. The van der Waals surface area contributed by atoms with Crippen molar-refractivity contribution in [1.82, 2.24) is 4.98 Å². The van der Waals surface area contributed by atoms with E-state index in [1.165, 1.54) is 10.8 Å². The van der Waals surface area contributed by atoms with Gasteiger partial charge in [-0.3, -0.25) is 4.98 Å². The van der Waals surface area contributed by atoms with Gasteiger partial charge in [-0.2, -0.15) is 0 Å². The van der Waals surface area contributed by atoms with Gasteiger partial charge in [0, 0.05) is 18.0 Å². The maximum absolute atomic E-state index is 5.36. The summed E-state index contributed by atoms with van der Waals surface area (Å²) in [6.07, 6.45) is 2.63. The Morgan fingerprint density at radius 1 is 0.905 bits per heavy atom. The van der Waals surface area contributed by atoms with Crippen molar-refractivity contribution in [2.24, 2.45) is 0 Å². The fraction of sp³-hybridized carbons (Fsp3) is 0.167. The van der Waals surface area contributed by atoms with E-state index >= 15 is 0 Å². The van der Waals surface area contributed by atoms with E-state index in [0.717, 1.165) is 29.2 Å². The first-order chi connectivity index (χ1) is 10.3. The van der Waals surface area contributed by atoms with Crippen LogP contribution in [0, 0.1) is 0 Å². The number of pyridine rings is 1. The second-order valence-electron chi connectivity index (χ2n) is 4.84. The van der Waals surface area contributed by atoms with Crippen molar-refractivity contribution in [3.05, 3.63) is 66.0 Å². The first-order valence-corrected chi connectivity index (χ1v) is 6.85. The van der Waals surface area contributed by atoms with Crippen molar-refractivity contribution in [1.29, 1.82) is 0 Å². The number of aromatic nitrogens is 1. The highest BCUT2D eigenvalue weighted by Crippen LogP contribution is 2.29. The molecule has 0 fully saturated rings. The summed E-state index contributed by atoms with van der Waals surface area (Å²) in [7, 11) is 3.29. The molecule has 0 N–H and O–H groups in total. The molecule has 0 amide bonds. The quantitative estimate of drug-likeness (QED) is 0.727. The number of ether oxygens (including phenoxy) is 2. The molecule has 1 heterocycles. The van der Waals surface area contributed by atoms with Crippen molar-refractivity contribution in [2.45, 2.75) is 6.42 Å². The van der Waals surface area contributed by atoms with Crippen LogP contribution in [-0.2, 0) is 6.42 Å². The second kappa shape index (κ2) is 5.83. The molecule has 0 unspecified atom stereocenters. The summed E-state index contributed by atoms with van der Waals surface area (Å²) in [4.78, 5) is 4.53. The Labute approximate surface area is 124 Å². The molecule has 3 heteroatoms. The molecule has 0 aliphatic rings. The Hall–Kier alpha value is -2.55. The van der Waals surface area contributed by atoms with E-state index in [-0.39, 0.29) is 0 Å². The van der Waals surface area contributed by atoms with Gasteiger partial charge in [0.25, 0.3) is 0 Å². The van der Waals surface area contributed by atoms with Gasteiger partial charge >= 0.3 is 0 Å². The Bertz CT molecular complexity index is 763. The van der Waals surface area contributed by atoms with Gasteiger partial charge in [-0.15, -0.1) is 0 Å². The van der Waals surface area contributed by atoms with Crippen molar-refractivity contribution in [3.8, 4) is 11.5 Å². The molecule has 0 aliphatic carbocycles. The summed E-state index contributed by atoms with van der Waals surface area (Å²) in [5.74, 6) is 1.49. The number of fused-ring (bicyclic) bond motifs is 1. The number of rotatable bonds is 4. The summed E-state index contributed by atoms with van der Waals surface area (Å²) in [6, 6.07) is 16.3. The SMILES string of the molecule is COc1ccc(Cc2nccc3ccccc23)cc1OC. The van der Waals surface area contributed by atoms with Gasteiger partial charge in [0.05, 0.1) is 19.9 Å². The smallest absolute Gasteiger partial charge is 0.160 e. The predicted octanol–water partition coefficient (Wildman–Crippen LogP) is 3.84. The number of nitrogens with zero attached hydrogens (tertiary/aromatic N) is 1. The summed E-state index contributed by atoms with van der Waals surface area (Å²) < 4.78 is 10.6. The molecule has 3 nitrogen and oxygen atoms in total. The fourth-order valence-electron chi connectivity index (χ4n) is 2.51. The van der Waals surface area contributed by atoms with Crippen LogP contribution in [-0.4, -0.2) is 19.2 Å². The van der Waals surface area contributed by atoms with Gasteiger partial charge in [-0.1, -0.05) is 30.3 Å². The van der Waals surface area contributed by atoms with Crippen LogP contribution in [0.1, 0.15) is 11.3 Å². The van der Waals surface area contributed by atoms with E-state index in [2.05, 4.69) is 17.1 Å². The minimum absolute atomic E-state index is 0.743. The monoisotopic (exact) mass is 279 g/mol. The zero-order valence-electron chi connectivity index (χ0n) is 12.2. The molecular formula is C18H17NO2. The van der Waals surface area contributed by atoms with Gasteiger partial charge in [0.15, 0.2) is 11.5 Å². The number of methoxy groups -OCH3 is 2. The van der Waals surface area contributed by atoms with E-state index in [1.54, 1.807) is 14.2 Å². The number of hydrogen-bond acceptors (Lipinski definition) is 3. The van der Waals surface area contributed by atoms with E-state index in [0.29, 0.717) is 0 Å². The fourth-order valence-corrected chi connectivity index (χ4v) is 2.51. The van der Waals surface area contributed by atoms with E-state index < -0.39 is 0 Å². The van der Waals surface area contributed by atoms with Crippen LogP contribution in [0.25, 0.3) is 10.8 Å². The summed E-state index contributed by atoms with van der Waals surface area (Å²) >= 11 is 0. The van der Waals surface area contributed by atoms with Gasteiger partial charge in [-0.05, 0) is 29.1 Å². The lowest BCUT2D eigenvalue weighted by Crippen LogP contribution is -1.96. The third-order valence-electron chi connectivity index (χ3n) is 3.58. The minimum atomic E-state index is 0.743. The van der Waals surface area contributed by atoms with Crippen molar-refractivity contribution < 1.29 is 9.47 Å². The normalized spacial score (nSPS) is 10.6. The van der Waals surface area contributed by atoms with E-state index in [1.807, 2.05) is 42.6 Å². The molecule has 0 spiro atoms. The van der Waals surface area contributed by atoms with E-state index in [4.69, 9.17) is 9.47 Å². The third-order valence-corrected chi connectivity index (χ3v) is 3.58. The minimum Gasteiger partial charge on any atom is -0.493 e. The molecule has 0 bridgehead atoms. The average molecular weight is 279 g/mol. The third kappa shape index (κ3) is 2.68. The van der Waals surface area contributed by atoms with E-state index in [9.17, 15) is 0 Å². The molecule has 1 aromatic heterocycles. The standard InChI is InChI=1S/C18H17NO2/c1-20-17-8-7-13(12-18(17)21-2)11-16-15-6-4-3-5-14(15)9-10-19-16/h3-10,12H,11H2,1-2H3. The summed E-state index contributed by atoms with van der Waals surface area (Å²) in [6.45, 7) is 0. The average Bonchev–Trinajstić information content (AvgIpc) is 2.55. The molecule has 0 saturated carbocycles. The second-order valence-corrected chi connectivity index (χ2v) is 4.84. The Morgan fingerprint density at radius 2 is 1.71 bits per heavy atom. The predicted molar refractivity (Wildman–Crippen MR) is 84.1 cm³/mol. The van der Waals surface area contributed by atoms with Crippen LogP contribution in [0.15, 0.2) is 54.7 Å². The van der Waals surface area contributed by atoms with Crippen LogP contribution in [0.3, 0.4) is 0 Å². The molecule has 0 aliphatic heterocycles. The van der Waals surface area contributed by atoms with Crippen LogP contribution in [0.4, 0.5) is 0 Å². The zero-order chi connectivity index (χ0) is 14.7. The van der Waals surface area contributed by atoms with Gasteiger partial charge < -0.3 is 9.47 Å². The number of benzene rings is 2. The molecule has 3 rings (SSSR count). The largest absolute Gasteiger partial charge is 0.493 e. The Balaban J connectivity index is 1.99. The lowest BCUT2D eigenvalue weighted by atomic mass is 10.0. The highest BCUT2D eigenvalue weighted by molar-refractivity contribution is 5.84. The molecule has 0 radical (unpaired) electrons. The molecule has 21 heavy (non-hydrogen) atoms. The Kier molecular flexibility index (Phi) is 3.73. The van der Waals surface area contributed by atoms with Crippen LogP contribution >= 0.6 is 0 Å². The number of hydrogen-bond donors (Lipinski definition) is 0. The Morgan fingerprint density at radius 3 is 2.52 bits per heavy atom. The zero-order valence-corrected chi connectivity index (χ0v) is 12.2. The van der Waals surface area contributed by atoms with Gasteiger partial charge in [-0.25, -0.2) is 0 Å². The molecule has 0 atom stereocenters. The van der Waals surface area contributed by atoms with Crippen LogP contribution < -0.4 is 9.47 Å². The van der Waals surface area contributed by atoms with Crippen molar-refractivity contribution in [2.75, 3.05) is 14.2 Å². The van der Waals surface area contributed by atoms with Crippen LogP contribution in [0.2, 0.25) is 0 Å². The van der Waals surface area contributed by atoms with Crippen LogP contribution in [0.5, 0.6) is 11.5 Å². The molecule has 0 saturated heterocycles. The molecule has 3 aromatic rings. The maximum Gasteiger partial charge on any atom is 0.160 e. The maximum atomic E-state index is 5.36. The molecule has 106 valence electrons.